The van der Waals surface area contributed by atoms with Crippen molar-refractivity contribution in [1.29, 1.82) is 0 Å². The summed E-state index contributed by atoms with van der Waals surface area (Å²) in [4.78, 5) is 0. The summed E-state index contributed by atoms with van der Waals surface area (Å²) in [5.74, 6) is -1.29. The van der Waals surface area contributed by atoms with Crippen LogP contribution in [0.5, 0.6) is 0 Å². The number of benzene rings is 1. The predicted molar refractivity (Wildman–Crippen MR) is 119 cm³/mol. The summed E-state index contributed by atoms with van der Waals surface area (Å²) < 4.78 is 36.3. The van der Waals surface area contributed by atoms with E-state index in [4.69, 9.17) is 15.2 Å². The van der Waals surface area contributed by atoms with Gasteiger partial charge in [-0.15, -0.1) is 0 Å². The topological polar surface area (TPSA) is 64.7 Å². The van der Waals surface area contributed by atoms with Crippen molar-refractivity contribution in [3.63, 3.8) is 0 Å². The molecule has 1 aromatic carbocycles. The Kier molecular flexibility index (Phi) is 11.1. The SMILES string of the molecule is C=C/C(=C\C=C/C)COC.CC(O)I1CCOCC1(N)c1ccc(F)cc1F. The van der Waals surface area contributed by atoms with Crippen molar-refractivity contribution >= 4 is 19.8 Å². The molecule has 1 aliphatic rings. The summed E-state index contributed by atoms with van der Waals surface area (Å²) in [6, 6.07) is 3.39. The maximum atomic E-state index is 13.9. The third-order valence-electron chi connectivity index (χ3n) is 4.01. The fraction of sp³-hybridized carbons (Fsp3) is 0.429. The number of alkyl halides is 3. The van der Waals surface area contributed by atoms with Crippen molar-refractivity contribution in [1.82, 2.24) is 0 Å². The van der Waals surface area contributed by atoms with Crippen LogP contribution in [-0.4, -0.2) is 40.6 Å². The molecule has 0 aliphatic carbocycles. The zero-order valence-corrected chi connectivity index (χ0v) is 18.8. The molecule has 2 rings (SSSR count). The Labute approximate surface area is 173 Å². The van der Waals surface area contributed by atoms with Crippen molar-refractivity contribution in [3.8, 4) is 0 Å². The molecule has 0 aromatic heterocycles. The molecule has 0 saturated carbocycles. The monoisotopic (exact) mass is 509 g/mol. The molecule has 1 heterocycles. The van der Waals surface area contributed by atoms with Gasteiger partial charge in [0.15, 0.2) is 0 Å². The normalized spacial score (nSPS) is 22.5. The van der Waals surface area contributed by atoms with E-state index in [1.54, 1.807) is 20.1 Å². The molecule has 1 saturated heterocycles. The number of nitrogens with two attached hydrogens (primary N) is 1. The van der Waals surface area contributed by atoms with Crippen molar-refractivity contribution in [2.75, 3.05) is 31.4 Å². The second kappa shape index (κ2) is 12.4. The molecule has 7 heteroatoms. The predicted octanol–water partition coefficient (Wildman–Crippen LogP) is 4.27. The Morgan fingerprint density at radius 3 is 2.75 bits per heavy atom. The number of halogens is 3. The van der Waals surface area contributed by atoms with E-state index in [0.29, 0.717) is 17.6 Å². The average molecular weight is 509 g/mol. The van der Waals surface area contributed by atoms with Crippen LogP contribution in [0.4, 0.5) is 8.78 Å². The summed E-state index contributed by atoms with van der Waals surface area (Å²) in [5.41, 5.74) is 7.66. The van der Waals surface area contributed by atoms with Crippen LogP contribution < -0.4 is 5.73 Å². The number of methoxy groups -OCH3 is 1. The van der Waals surface area contributed by atoms with Crippen LogP contribution in [0.3, 0.4) is 0 Å². The van der Waals surface area contributed by atoms with Crippen LogP contribution in [0, 0.1) is 11.6 Å². The molecular weight excluding hydrogens is 479 g/mol. The molecule has 1 aromatic rings. The molecule has 3 N–H and O–H groups in total. The number of allylic oxidation sites excluding steroid dienone is 3. The Hall–Kier alpha value is -1.13. The minimum atomic E-state index is -2.05. The van der Waals surface area contributed by atoms with Crippen molar-refractivity contribution < 1.29 is 23.4 Å². The van der Waals surface area contributed by atoms with E-state index in [-0.39, 0.29) is 12.2 Å². The van der Waals surface area contributed by atoms with Crippen molar-refractivity contribution in [2.24, 2.45) is 5.73 Å². The van der Waals surface area contributed by atoms with E-state index in [9.17, 15) is 13.9 Å². The van der Waals surface area contributed by atoms with Crippen LogP contribution in [0.15, 0.2) is 54.7 Å². The van der Waals surface area contributed by atoms with Crippen LogP contribution in [0.25, 0.3) is 0 Å². The van der Waals surface area contributed by atoms with Gasteiger partial charge >= 0.3 is 112 Å². The Bertz CT molecular complexity index is 694. The molecule has 2 atom stereocenters. The van der Waals surface area contributed by atoms with Crippen LogP contribution in [0.2, 0.25) is 0 Å². The van der Waals surface area contributed by atoms with E-state index in [2.05, 4.69) is 6.58 Å². The number of rotatable bonds is 6. The zero-order valence-electron chi connectivity index (χ0n) is 16.6. The van der Waals surface area contributed by atoms with E-state index in [1.165, 1.54) is 12.1 Å². The fourth-order valence-electron chi connectivity index (χ4n) is 2.63. The second-order valence-corrected chi connectivity index (χ2v) is 13.2. The first-order valence-corrected chi connectivity index (χ1v) is 12.7. The van der Waals surface area contributed by atoms with Gasteiger partial charge in [0, 0.05) is 7.11 Å². The second-order valence-electron chi connectivity index (χ2n) is 6.10. The van der Waals surface area contributed by atoms with Gasteiger partial charge in [0.2, 0.25) is 0 Å². The van der Waals surface area contributed by atoms with Crippen LogP contribution >= 0.6 is 19.8 Å². The molecule has 0 bridgehead atoms. The van der Waals surface area contributed by atoms with E-state index >= 15 is 0 Å². The minimum absolute atomic E-state index is 0.186. The van der Waals surface area contributed by atoms with Crippen molar-refractivity contribution in [3.05, 3.63) is 71.9 Å². The van der Waals surface area contributed by atoms with Gasteiger partial charge in [-0.25, -0.2) is 0 Å². The van der Waals surface area contributed by atoms with Gasteiger partial charge in [-0.3, -0.25) is 0 Å². The number of aliphatic hydroxyl groups is 1. The average Bonchev–Trinajstić information content (AvgIpc) is 2.65. The van der Waals surface area contributed by atoms with E-state index in [1.807, 2.05) is 25.2 Å². The first-order valence-electron chi connectivity index (χ1n) is 8.88. The maximum absolute atomic E-state index is 13.9. The van der Waals surface area contributed by atoms with Crippen LogP contribution in [0.1, 0.15) is 19.4 Å². The molecule has 0 radical (unpaired) electrons. The molecule has 0 spiro atoms. The molecule has 28 heavy (non-hydrogen) atoms. The van der Waals surface area contributed by atoms with Gasteiger partial charge in [-0.1, -0.05) is 30.9 Å². The fourth-order valence-corrected chi connectivity index (χ4v) is 8.70. The van der Waals surface area contributed by atoms with E-state index < -0.39 is 39.1 Å². The zero-order chi connectivity index (χ0) is 21.2. The molecule has 4 nitrogen and oxygen atoms in total. The third kappa shape index (κ3) is 7.04. The molecule has 1 aliphatic heterocycles. The number of hydrogen-bond acceptors (Lipinski definition) is 4. The summed E-state index contributed by atoms with van der Waals surface area (Å²) in [7, 11) is 1.67. The number of ether oxygens (including phenoxy) is 2. The van der Waals surface area contributed by atoms with Gasteiger partial charge < -0.3 is 4.74 Å². The quantitative estimate of drug-likeness (QED) is 0.260. The van der Waals surface area contributed by atoms with Crippen molar-refractivity contribution in [2.45, 2.75) is 21.5 Å². The van der Waals surface area contributed by atoms with Gasteiger partial charge in [0.05, 0.1) is 6.61 Å². The molecular formula is C21H30F2INO3. The van der Waals surface area contributed by atoms with E-state index in [0.717, 1.165) is 11.6 Å². The van der Waals surface area contributed by atoms with Gasteiger partial charge in [0.25, 0.3) is 0 Å². The molecule has 2 unspecified atom stereocenters. The summed E-state index contributed by atoms with van der Waals surface area (Å²) in [5, 5.41) is 9.86. The van der Waals surface area contributed by atoms with Crippen LogP contribution in [-0.2, 0) is 13.0 Å². The molecule has 1 fully saturated rings. The summed E-state index contributed by atoms with van der Waals surface area (Å²) in [6.07, 6.45) is 7.72. The Morgan fingerprint density at radius 1 is 1.50 bits per heavy atom. The number of hydrogen-bond donors (Lipinski definition) is 2. The Balaban J connectivity index is 0.000000336. The molecule has 0 amide bonds. The van der Waals surface area contributed by atoms with Gasteiger partial charge in [-0.05, 0) is 12.5 Å². The first-order chi connectivity index (χ1) is 13.3. The van der Waals surface area contributed by atoms with Gasteiger partial charge in [-0.2, -0.15) is 0 Å². The van der Waals surface area contributed by atoms with Gasteiger partial charge in [0.1, 0.15) is 0 Å². The first kappa shape index (κ1) is 24.9. The standard InChI is InChI=1S/C12H16F2INO2.C9H14O/c1-8(17)15-4-5-18-7-12(15,16)10-3-2-9(13)6-11(10)14;1-4-6-7-9(5-2)8-10-3/h2-3,6,8,17H,4-5,7,16H2,1H3;4-7H,2,8H2,1,3H3/b;6-4-,9-7+. The molecule has 158 valence electrons. The summed E-state index contributed by atoms with van der Waals surface area (Å²) >= 11 is -2.05. The third-order valence-corrected chi connectivity index (χ3v) is 11.2. The number of aliphatic hydroxyl groups excluding tert-OH is 1. The summed E-state index contributed by atoms with van der Waals surface area (Å²) in [6.45, 7) is 8.69. The Morgan fingerprint density at radius 2 is 2.21 bits per heavy atom.